The number of carbonyl (C=O) groups excluding carboxylic acids is 2. The summed E-state index contributed by atoms with van der Waals surface area (Å²) in [5.41, 5.74) is 0. The van der Waals surface area contributed by atoms with Crippen molar-refractivity contribution in [3.05, 3.63) is 97.2 Å². The van der Waals surface area contributed by atoms with Gasteiger partial charge >= 0.3 is 19.8 Å². The van der Waals surface area contributed by atoms with Crippen LogP contribution in [-0.2, 0) is 32.7 Å². The van der Waals surface area contributed by atoms with Crippen LogP contribution < -0.4 is 0 Å². The SMILES string of the molecule is CC/C=C\C/C=C\C/C=C\C/C=C\CCCCCCCCCCCCCCCCCCCCCCCCCCC(=O)OC(COC(=O)CCCCCCCCCCCCCCCCCC/C=C\C/C=C\C/C=C\C/C=C\CC)COP(=O)(O)OCC[N+](C)(C)C. The molecule has 0 saturated carbocycles. The van der Waals surface area contributed by atoms with Gasteiger partial charge in [0.2, 0.25) is 0 Å². The molecule has 0 aromatic heterocycles. The number of likely N-dealkylation sites (N-methyl/N-ethyl adjacent to an activating group) is 1. The maximum Gasteiger partial charge on any atom is 0.472 e. The van der Waals surface area contributed by atoms with Gasteiger partial charge in [-0.2, -0.15) is 0 Å². The predicted molar refractivity (Wildman–Crippen MR) is 390 cm³/mol. The van der Waals surface area contributed by atoms with E-state index < -0.39 is 26.5 Å². The number of hydrogen-bond acceptors (Lipinski definition) is 7. The van der Waals surface area contributed by atoms with E-state index in [1.807, 2.05) is 21.1 Å². The molecule has 2 atom stereocenters. The molecule has 0 bridgehead atoms. The van der Waals surface area contributed by atoms with Crippen molar-refractivity contribution in [3.63, 3.8) is 0 Å². The van der Waals surface area contributed by atoms with Gasteiger partial charge in [0.05, 0.1) is 27.7 Å². The van der Waals surface area contributed by atoms with Crippen LogP contribution in [0.15, 0.2) is 97.2 Å². The van der Waals surface area contributed by atoms with Gasteiger partial charge in [-0.3, -0.25) is 18.6 Å². The molecule has 0 heterocycles. The predicted octanol–water partition coefficient (Wildman–Crippen LogP) is 25.1. The first kappa shape index (κ1) is 86.9. The summed E-state index contributed by atoms with van der Waals surface area (Å²) in [6.07, 6.45) is 98.3. The molecule has 9 nitrogen and oxygen atoms in total. The number of phosphoric acid groups is 1. The second-order valence-corrected chi connectivity index (χ2v) is 28.1. The molecule has 0 aromatic carbocycles. The summed E-state index contributed by atoms with van der Waals surface area (Å²) in [7, 11) is 1.49. The molecule has 522 valence electrons. The van der Waals surface area contributed by atoms with Crippen LogP contribution in [0.5, 0.6) is 0 Å². The molecular weight excluding hydrogens is 1130 g/mol. The third kappa shape index (κ3) is 74.0. The van der Waals surface area contributed by atoms with E-state index in [-0.39, 0.29) is 32.0 Å². The van der Waals surface area contributed by atoms with E-state index >= 15 is 0 Å². The first-order valence-corrected chi connectivity index (χ1v) is 39.5. The van der Waals surface area contributed by atoms with Crippen molar-refractivity contribution in [1.82, 2.24) is 0 Å². The monoisotopic (exact) mass is 1280 g/mol. The van der Waals surface area contributed by atoms with Crippen molar-refractivity contribution >= 4 is 19.8 Å². The number of unbranched alkanes of at least 4 members (excludes halogenated alkanes) is 40. The molecule has 10 heteroatoms. The van der Waals surface area contributed by atoms with Gasteiger partial charge < -0.3 is 18.9 Å². The maximum atomic E-state index is 12.9. The number of allylic oxidation sites excluding steroid dienone is 16. The molecule has 0 aliphatic carbocycles. The molecule has 0 spiro atoms. The summed E-state index contributed by atoms with van der Waals surface area (Å²) >= 11 is 0. The van der Waals surface area contributed by atoms with E-state index in [9.17, 15) is 19.0 Å². The molecule has 0 rings (SSSR count). The van der Waals surface area contributed by atoms with E-state index in [4.69, 9.17) is 18.5 Å². The number of quaternary nitrogens is 1. The first-order chi connectivity index (χ1) is 44.0. The summed E-state index contributed by atoms with van der Waals surface area (Å²) in [4.78, 5) is 36.0. The minimum atomic E-state index is -4.40. The quantitative estimate of drug-likeness (QED) is 0.0211. The Bertz CT molecular complexity index is 1840. The molecule has 0 amide bonds. The van der Waals surface area contributed by atoms with Gasteiger partial charge in [-0.15, -0.1) is 0 Å². The Kier molecular flexibility index (Phi) is 67.9. The Hall–Kier alpha value is -3.07. The van der Waals surface area contributed by atoms with Crippen LogP contribution in [0.2, 0.25) is 0 Å². The highest BCUT2D eigenvalue weighted by molar-refractivity contribution is 7.47. The molecule has 90 heavy (non-hydrogen) atoms. The lowest BCUT2D eigenvalue weighted by molar-refractivity contribution is -0.870. The zero-order chi connectivity index (χ0) is 65.5. The number of ether oxygens (including phenoxy) is 2. The second-order valence-electron chi connectivity index (χ2n) is 26.6. The summed E-state index contributed by atoms with van der Waals surface area (Å²) in [6, 6.07) is 0. The third-order valence-corrected chi connectivity index (χ3v) is 17.6. The average molecular weight is 1280 g/mol. The van der Waals surface area contributed by atoms with E-state index in [0.717, 1.165) is 83.5 Å². The van der Waals surface area contributed by atoms with Crippen LogP contribution in [0.4, 0.5) is 0 Å². The molecular formula is C80H145NO8P+. The van der Waals surface area contributed by atoms with Gasteiger partial charge in [0.25, 0.3) is 0 Å². The topological polar surface area (TPSA) is 108 Å². The van der Waals surface area contributed by atoms with E-state index in [1.54, 1.807) is 0 Å². The second kappa shape index (κ2) is 70.3. The molecule has 0 fully saturated rings. The Morgan fingerprint density at radius 1 is 0.344 bits per heavy atom. The third-order valence-electron chi connectivity index (χ3n) is 16.6. The maximum absolute atomic E-state index is 12.9. The summed E-state index contributed by atoms with van der Waals surface area (Å²) in [6.45, 7) is 4.26. The number of esters is 2. The number of rotatable bonds is 70. The van der Waals surface area contributed by atoms with Gasteiger partial charge in [-0.1, -0.05) is 342 Å². The van der Waals surface area contributed by atoms with Crippen LogP contribution in [0.1, 0.15) is 348 Å². The lowest BCUT2D eigenvalue weighted by Crippen LogP contribution is -2.37. The van der Waals surface area contributed by atoms with Crippen LogP contribution >= 0.6 is 7.82 Å². The van der Waals surface area contributed by atoms with Crippen molar-refractivity contribution in [2.24, 2.45) is 0 Å². The number of nitrogens with zero attached hydrogens (tertiary/aromatic N) is 1. The normalized spacial score (nSPS) is 13.6. The Balaban J connectivity index is 3.95. The number of phosphoric ester groups is 1. The van der Waals surface area contributed by atoms with Crippen molar-refractivity contribution in [1.29, 1.82) is 0 Å². The van der Waals surface area contributed by atoms with Crippen LogP contribution in [0, 0.1) is 0 Å². The fourth-order valence-electron chi connectivity index (χ4n) is 10.9. The summed E-state index contributed by atoms with van der Waals surface area (Å²) < 4.78 is 34.8. The molecule has 2 unspecified atom stereocenters. The highest BCUT2D eigenvalue weighted by Crippen LogP contribution is 2.43. The van der Waals surface area contributed by atoms with Crippen LogP contribution in [-0.4, -0.2) is 74.9 Å². The molecule has 0 aliphatic rings. The average Bonchev–Trinajstić information content (AvgIpc) is 3.58. The van der Waals surface area contributed by atoms with Crippen molar-refractivity contribution in [2.75, 3.05) is 47.5 Å². The standard InChI is InChI=1S/C80H144NO8P/c1-6-8-10-12-14-16-18-20-22-24-26-28-30-32-34-36-37-38-39-40-41-42-43-45-47-49-51-53-55-57-59-61-63-65-67-69-71-73-80(83)89-78(77-88-90(84,85)87-75-74-81(3,4)5)76-86-79(82)72-70-68-66-64-62-60-58-56-54-52-50-48-46-44-35-33-31-29-27-25-23-21-19-17-15-13-11-9-7-2/h8-11,14-17,20-23,26-29,78H,6-7,12-13,18-19,24-25,30-77H2,1-5H3/p+1/b10-8-,11-9-,16-14-,17-15-,22-20-,23-21-,28-26-,29-27-. The highest BCUT2D eigenvalue weighted by atomic mass is 31.2. The van der Waals surface area contributed by atoms with Crippen molar-refractivity contribution < 1.29 is 42.1 Å². The molecule has 1 N–H and O–H groups in total. The molecule has 0 radical (unpaired) electrons. The van der Waals surface area contributed by atoms with Crippen molar-refractivity contribution in [3.8, 4) is 0 Å². The first-order valence-electron chi connectivity index (χ1n) is 38.0. The van der Waals surface area contributed by atoms with Gasteiger partial charge in [-0.25, -0.2) is 4.57 Å². The summed E-state index contributed by atoms with van der Waals surface area (Å²) in [5.74, 6) is -0.782. The smallest absolute Gasteiger partial charge is 0.462 e. The Morgan fingerprint density at radius 2 is 0.600 bits per heavy atom. The zero-order valence-electron chi connectivity index (χ0n) is 59.6. The number of carbonyl (C=O) groups is 2. The lowest BCUT2D eigenvalue weighted by Gasteiger charge is -2.24. The van der Waals surface area contributed by atoms with Gasteiger partial charge in [0, 0.05) is 12.8 Å². The van der Waals surface area contributed by atoms with E-state index in [0.29, 0.717) is 17.4 Å². The van der Waals surface area contributed by atoms with Crippen LogP contribution in [0.25, 0.3) is 0 Å². The Morgan fingerprint density at radius 3 is 0.889 bits per heavy atom. The van der Waals surface area contributed by atoms with Crippen LogP contribution in [0.3, 0.4) is 0 Å². The zero-order valence-corrected chi connectivity index (χ0v) is 60.5. The van der Waals surface area contributed by atoms with Gasteiger partial charge in [0.1, 0.15) is 19.8 Å². The van der Waals surface area contributed by atoms with Gasteiger partial charge in [0.15, 0.2) is 6.10 Å². The molecule has 0 aliphatic heterocycles. The minimum Gasteiger partial charge on any atom is -0.462 e. The number of hydrogen-bond donors (Lipinski definition) is 1. The summed E-state index contributed by atoms with van der Waals surface area (Å²) in [5, 5.41) is 0. The highest BCUT2D eigenvalue weighted by Gasteiger charge is 2.27. The van der Waals surface area contributed by atoms with Gasteiger partial charge in [-0.05, 0) is 89.9 Å². The minimum absolute atomic E-state index is 0.0315. The lowest BCUT2D eigenvalue weighted by atomic mass is 10.0. The molecule has 0 saturated heterocycles. The fraction of sp³-hybridized carbons (Fsp3) is 0.775. The van der Waals surface area contributed by atoms with E-state index in [2.05, 4.69) is 111 Å². The fourth-order valence-corrected chi connectivity index (χ4v) is 11.6. The van der Waals surface area contributed by atoms with Crippen molar-refractivity contribution in [2.45, 2.75) is 354 Å². The largest absolute Gasteiger partial charge is 0.472 e. The Labute approximate surface area is 557 Å². The van der Waals surface area contributed by atoms with E-state index in [1.165, 1.54) is 231 Å². The molecule has 0 aromatic rings.